The van der Waals surface area contributed by atoms with Crippen LogP contribution in [0.25, 0.3) is 0 Å². The molecule has 8 heteroatoms. The third kappa shape index (κ3) is 4.41. The third-order valence-corrected chi connectivity index (χ3v) is 7.36. The van der Waals surface area contributed by atoms with E-state index in [2.05, 4.69) is 20.7 Å². The first-order valence-corrected chi connectivity index (χ1v) is 9.10. The van der Waals surface area contributed by atoms with Gasteiger partial charge < -0.3 is 5.73 Å². The van der Waals surface area contributed by atoms with Crippen molar-refractivity contribution in [2.24, 2.45) is 5.73 Å². The van der Waals surface area contributed by atoms with Gasteiger partial charge in [-0.1, -0.05) is 19.3 Å². The predicted molar refractivity (Wildman–Crippen MR) is 84.5 cm³/mol. The molecule has 2 rings (SSSR count). The second-order valence-electron chi connectivity index (χ2n) is 4.80. The Morgan fingerprint density at radius 1 is 1.37 bits per heavy atom. The summed E-state index contributed by atoms with van der Waals surface area (Å²) in [6, 6.07) is 1.73. The van der Waals surface area contributed by atoms with Crippen LogP contribution in [0.3, 0.4) is 0 Å². The molecular formula is C11H18BrClN2O2S2. The number of thiophene rings is 1. The number of nitrogens with one attached hydrogen (secondary N) is 1. The van der Waals surface area contributed by atoms with Crippen LogP contribution in [-0.2, 0) is 10.0 Å². The van der Waals surface area contributed by atoms with Gasteiger partial charge in [-0.15, -0.1) is 23.7 Å². The molecule has 1 fully saturated rings. The van der Waals surface area contributed by atoms with Gasteiger partial charge in [0.15, 0.2) is 0 Å². The first kappa shape index (κ1) is 17.4. The Morgan fingerprint density at radius 2 is 2.00 bits per heavy atom. The first-order valence-electron chi connectivity index (χ1n) is 5.95. The van der Waals surface area contributed by atoms with Crippen LogP contribution in [0.2, 0.25) is 0 Å². The average Bonchev–Trinajstić information content (AvgIpc) is 2.75. The maximum atomic E-state index is 12.1. The number of hydrogen-bond acceptors (Lipinski definition) is 4. The van der Waals surface area contributed by atoms with E-state index in [0.717, 1.165) is 25.7 Å². The molecular weight excluding hydrogens is 372 g/mol. The van der Waals surface area contributed by atoms with Crippen LogP contribution in [0, 0.1) is 0 Å². The Hall–Kier alpha value is 0.340. The zero-order valence-electron chi connectivity index (χ0n) is 10.4. The van der Waals surface area contributed by atoms with Gasteiger partial charge in [-0.2, -0.15) is 0 Å². The molecule has 1 aliphatic carbocycles. The zero-order chi connectivity index (χ0) is 13.2. The molecule has 0 saturated heterocycles. The molecule has 4 nitrogen and oxygen atoms in total. The number of rotatable bonds is 4. The topological polar surface area (TPSA) is 72.2 Å². The lowest BCUT2D eigenvalue weighted by atomic mass is 9.83. The van der Waals surface area contributed by atoms with E-state index in [1.165, 1.54) is 17.8 Å². The van der Waals surface area contributed by atoms with Crippen LogP contribution in [-0.4, -0.2) is 20.5 Å². The molecule has 0 aromatic carbocycles. The summed E-state index contributed by atoms with van der Waals surface area (Å²) in [6.07, 6.45) is 5.15. The summed E-state index contributed by atoms with van der Waals surface area (Å²) in [4.78, 5) is 0. The fraction of sp³-hybridized carbons (Fsp3) is 0.636. The van der Waals surface area contributed by atoms with Crippen molar-refractivity contribution in [1.29, 1.82) is 0 Å². The molecule has 0 bridgehead atoms. The van der Waals surface area contributed by atoms with Crippen LogP contribution in [0.4, 0.5) is 0 Å². The zero-order valence-corrected chi connectivity index (χ0v) is 14.4. The van der Waals surface area contributed by atoms with E-state index in [-0.39, 0.29) is 17.9 Å². The lowest BCUT2D eigenvalue weighted by Crippen LogP contribution is -2.51. The highest BCUT2D eigenvalue weighted by Crippen LogP contribution is 2.29. The fourth-order valence-electron chi connectivity index (χ4n) is 2.21. The van der Waals surface area contributed by atoms with Gasteiger partial charge >= 0.3 is 0 Å². The monoisotopic (exact) mass is 388 g/mol. The molecule has 0 radical (unpaired) electrons. The molecule has 0 spiro atoms. The van der Waals surface area contributed by atoms with Gasteiger partial charge in [0.2, 0.25) is 0 Å². The smallest absolute Gasteiger partial charge is 0.251 e. The Kier molecular flexibility index (Phi) is 6.28. The van der Waals surface area contributed by atoms with Crippen LogP contribution < -0.4 is 10.5 Å². The minimum atomic E-state index is -3.44. The molecule has 0 unspecified atom stereocenters. The Morgan fingerprint density at radius 3 is 2.53 bits per heavy atom. The van der Waals surface area contributed by atoms with Gasteiger partial charge in [0.25, 0.3) is 10.0 Å². The van der Waals surface area contributed by atoms with E-state index in [9.17, 15) is 8.42 Å². The van der Waals surface area contributed by atoms with Crippen molar-refractivity contribution in [2.75, 3.05) is 6.54 Å². The molecule has 3 N–H and O–H groups in total. The molecule has 19 heavy (non-hydrogen) atoms. The van der Waals surface area contributed by atoms with Crippen LogP contribution in [0.1, 0.15) is 32.1 Å². The maximum absolute atomic E-state index is 12.1. The molecule has 1 saturated carbocycles. The number of sulfonamides is 1. The van der Waals surface area contributed by atoms with Crippen molar-refractivity contribution in [3.63, 3.8) is 0 Å². The van der Waals surface area contributed by atoms with Gasteiger partial charge in [-0.25, -0.2) is 13.1 Å². The first-order chi connectivity index (χ1) is 8.43. The lowest BCUT2D eigenvalue weighted by Gasteiger charge is -2.33. The SMILES string of the molecule is Cl.NC1(CNS(=O)(=O)c2sccc2Br)CCCCC1. The number of hydrogen-bond donors (Lipinski definition) is 2. The van der Waals surface area contributed by atoms with E-state index < -0.39 is 10.0 Å². The minimum absolute atomic E-state index is 0. The fourth-order valence-corrected chi connectivity index (χ4v) is 5.73. The quantitative estimate of drug-likeness (QED) is 0.831. The summed E-state index contributed by atoms with van der Waals surface area (Å²) in [5, 5.41) is 1.75. The number of nitrogens with two attached hydrogens (primary N) is 1. The Bertz CT molecular complexity index is 513. The standard InChI is InChI=1S/C11H17BrN2O2S2.ClH/c12-9-4-7-17-10(9)18(15,16)14-8-11(13)5-2-1-3-6-11;/h4,7,14H,1-3,5-6,8,13H2;1H. The highest BCUT2D eigenvalue weighted by molar-refractivity contribution is 9.10. The second-order valence-corrected chi connectivity index (χ2v) is 8.54. The van der Waals surface area contributed by atoms with Crippen molar-refractivity contribution in [2.45, 2.75) is 41.9 Å². The van der Waals surface area contributed by atoms with E-state index in [0.29, 0.717) is 15.2 Å². The van der Waals surface area contributed by atoms with Crippen molar-refractivity contribution >= 4 is 49.7 Å². The molecule has 0 aliphatic heterocycles. The number of halogens is 2. The molecule has 110 valence electrons. The molecule has 1 aromatic heterocycles. The Balaban J connectivity index is 0.00000180. The van der Waals surface area contributed by atoms with Crippen LogP contribution in [0.5, 0.6) is 0 Å². The van der Waals surface area contributed by atoms with E-state index in [4.69, 9.17) is 5.73 Å². The minimum Gasteiger partial charge on any atom is -0.324 e. The van der Waals surface area contributed by atoms with Crippen molar-refractivity contribution in [3.05, 3.63) is 15.9 Å². The van der Waals surface area contributed by atoms with Crippen LogP contribution >= 0.6 is 39.7 Å². The van der Waals surface area contributed by atoms with Crippen LogP contribution in [0.15, 0.2) is 20.1 Å². The maximum Gasteiger partial charge on any atom is 0.251 e. The largest absolute Gasteiger partial charge is 0.324 e. The summed E-state index contributed by atoms with van der Waals surface area (Å²) < 4.78 is 27.8. The molecule has 0 amide bonds. The van der Waals surface area contributed by atoms with E-state index in [1.54, 1.807) is 11.4 Å². The second kappa shape index (κ2) is 6.87. The van der Waals surface area contributed by atoms with Gasteiger partial charge in [-0.3, -0.25) is 0 Å². The van der Waals surface area contributed by atoms with Gasteiger partial charge in [0, 0.05) is 16.6 Å². The summed E-state index contributed by atoms with van der Waals surface area (Å²) in [7, 11) is -3.44. The van der Waals surface area contributed by atoms with E-state index in [1.807, 2.05) is 0 Å². The third-order valence-electron chi connectivity index (χ3n) is 3.29. The summed E-state index contributed by atoms with van der Waals surface area (Å²) in [5.41, 5.74) is 5.84. The highest BCUT2D eigenvalue weighted by atomic mass is 79.9. The highest BCUT2D eigenvalue weighted by Gasteiger charge is 2.30. The molecule has 1 aliphatic rings. The van der Waals surface area contributed by atoms with E-state index >= 15 is 0 Å². The average molecular weight is 390 g/mol. The van der Waals surface area contributed by atoms with Crippen molar-refractivity contribution in [3.8, 4) is 0 Å². The Labute approximate surface area is 132 Å². The molecule has 1 aromatic rings. The molecule has 0 atom stereocenters. The lowest BCUT2D eigenvalue weighted by molar-refractivity contribution is 0.296. The van der Waals surface area contributed by atoms with Gasteiger partial charge in [0.1, 0.15) is 4.21 Å². The van der Waals surface area contributed by atoms with Gasteiger partial charge in [0.05, 0.1) is 0 Å². The van der Waals surface area contributed by atoms with Gasteiger partial charge in [-0.05, 0) is 40.2 Å². The van der Waals surface area contributed by atoms with Crippen molar-refractivity contribution < 1.29 is 8.42 Å². The predicted octanol–water partition coefficient (Wildman–Crippen LogP) is 2.87. The summed E-state index contributed by atoms with van der Waals surface area (Å²) in [6.45, 7) is 0.319. The molecule has 1 heterocycles. The summed E-state index contributed by atoms with van der Waals surface area (Å²) in [5.74, 6) is 0. The normalized spacial score (nSPS) is 18.8. The summed E-state index contributed by atoms with van der Waals surface area (Å²) >= 11 is 4.45. The van der Waals surface area contributed by atoms with Crippen molar-refractivity contribution in [1.82, 2.24) is 4.72 Å².